The summed E-state index contributed by atoms with van der Waals surface area (Å²) in [6, 6.07) is -0.954. The van der Waals surface area contributed by atoms with Crippen LogP contribution >= 0.6 is 23.1 Å². The maximum atomic E-state index is 12.9. The highest BCUT2D eigenvalue weighted by molar-refractivity contribution is 8.00. The number of hydrogen-bond acceptors (Lipinski definition) is 13. The molecule has 3 amide bonds. The third-order valence-corrected chi connectivity index (χ3v) is 6.85. The highest BCUT2D eigenvalue weighted by Crippen LogP contribution is 2.37. The van der Waals surface area contributed by atoms with Gasteiger partial charge in [0.1, 0.15) is 29.9 Å². The second-order valence-electron chi connectivity index (χ2n) is 8.62. The van der Waals surface area contributed by atoms with E-state index in [-0.39, 0.29) is 28.8 Å². The number of nitrogens with zero attached hydrogens (tertiary/aromatic N) is 3. The average Bonchev–Trinajstić information content (AvgIpc) is 3.31. The second-order valence-corrected chi connectivity index (χ2v) is 10.6. The van der Waals surface area contributed by atoms with Gasteiger partial charge in [-0.25, -0.2) is 9.78 Å². The van der Waals surface area contributed by atoms with Crippen LogP contribution in [-0.2, 0) is 38.3 Å². The monoisotopic (exact) mass is 554 g/mol. The Hall–Kier alpha value is -3.50. The van der Waals surface area contributed by atoms with Crippen molar-refractivity contribution in [3.05, 3.63) is 22.8 Å². The Morgan fingerprint density at radius 1 is 1.27 bits per heavy atom. The lowest BCUT2D eigenvalue weighted by Crippen LogP contribution is -2.70. The van der Waals surface area contributed by atoms with Gasteiger partial charge < -0.3 is 30.7 Å². The molecule has 14 nitrogen and oxygen atoms in total. The number of carbonyl (C=O) groups is 5. The van der Waals surface area contributed by atoms with E-state index in [1.54, 1.807) is 20.8 Å². The van der Waals surface area contributed by atoms with E-state index in [4.69, 9.17) is 20.0 Å². The summed E-state index contributed by atoms with van der Waals surface area (Å²) in [5, 5.41) is 9.89. The van der Waals surface area contributed by atoms with E-state index < -0.39 is 53.3 Å². The van der Waals surface area contributed by atoms with Crippen molar-refractivity contribution in [1.82, 2.24) is 15.2 Å². The molecule has 1 saturated heterocycles. The lowest BCUT2D eigenvalue weighted by atomic mass is 9.98. The van der Waals surface area contributed by atoms with Crippen LogP contribution in [-0.4, -0.2) is 82.9 Å². The minimum atomic E-state index is -0.954. The van der Waals surface area contributed by atoms with Crippen LogP contribution in [0.4, 0.5) is 5.13 Å². The van der Waals surface area contributed by atoms with Gasteiger partial charge in [0.25, 0.3) is 11.8 Å². The Labute approximate surface area is 219 Å². The van der Waals surface area contributed by atoms with Crippen LogP contribution in [0.5, 0.6) is 0 Å². The summed E-state index contributed by atoms with van der Waals surface area (Å²) in [6.45, 7) is 4.15. The predicted molar refractivity (Wildman–Crippen MR) is 133 cm³/mol. The number of anilines is 1. The minimum absolute atomic E-state index is 0.00312. The molecule has 0 spiro atoms. The van der Waals surface area contributed by atoms with Crippen molar-refractivity contribution >= 4 is 63.6 Å². The summed E-state index contributed by atoms with van der Waals surface area (Å²) in [5.41, 5.74) is 4.41. The molecule has 1 aromatic heterocycles. The number of amides is 3. The molecule has 2 atom stereocenters. The molecule has 2 aliphatic rings. The van der Waals surface area contributed by atoms with E-state index in [2.05, 4.69) is 20.8 Å². The number of β-lactam (4-membered cyclic amide) rings is 1. The zero-order chi connectivity index (χ0) is 27.3. The van der Waals surface area contributed by atoms with Gasteiger partial charge in [-0.15, -0.1) is 23.1 Å². The summed E-state index contributed by atoms with van der Waals surface area (Å²) < 4.78 is 9.94. The number of carbonyl (C=O) groups excluding carboxylic acids is 5. The molecule has 0 radical (unpaired) electrons. The first-order valence-electron chi connectivity index (χ1n) is 10.8. The number of oxime groups is 1. The topological polar surface area (TPSA) is 192 Å². The molecule has 0 bridgehead atoms. The van der Waals surface area contributed by atoms with E-state index in [9.17, 15) is 24.0 Å². The zero-order valence-corrected chi connectivity index (χ0v) is 22.1. The van der Waals surface area contributed by atoms with Crippen molar-refractivity contribution in [3.8, 4) is 0 Å². The Balaban J connectivity index is 1.62. The minimum Gasteiger partial charge on any atom is -0.427 e. The molecule has 0 unspecified atom stereocenters. The summed E-state index contributed by atoms with van der Waals surface area (Å²) >= 11 is 2.38. The van der Waals surface area contributed by atoms with Gasteiger partial charge in [0.2, 0.25) is 12.7 Å². The molecule has 3 heterocycles. The van der Waals surface area contributed by atoms with Crippen LogP contribution in [0, 0.1) is 5.41 Å². The first-order valence-corrected chi connectivity index (χ1v) is 12.8. The van der Waals surface area contributed by atoms with Gasteiger partial charge in [-0.1, -0.05) is 5.16 Å². The summed E-state index contributed by atoms with van der Waals surface area (Å²) in [5.74, 6) is -2.73. The van der Waals surface area contributed by atoms with Gasteiger partial charge in [-0.05, 0) is 26.8 Å². The third kappa shape index (κ3) is 6.44. The van der Waals surface area contributed by atoms with Crippen LogP contribution < -0.4 is 16.4 Å². The van der Waals surface area contributed by atoms with E-state index >= 15 is 0 Å². The molecule has 37 heavy (non-hydrogen) atoms. The molecule has 1 aromatic rings. The number of fused-ring (bicyclic) bond motifs is 1. The van der Waals surface area contributed by atoms with Gasteiger partial charge in [-0.3, -0.25) is 24.1 Å². The standard InChI is InChI=1S/C21H26N6O8S2/c1-21(2,3)19(32)35-9-34-18(31)11-5-6-36-17-14(16(30)27(11)17)25-15(29)13(26-33-4)10-8-37-20(23-10)24-12(28)7-22/h5,8,14,17H,6-7,9,22H2,1-4H3,(H,25,29)(H,23,24,28)/b26-13-/t14-,17-/m1/s1. The maximum absolute atomic E-state index is 12.9. The fraction of sp³-hybridized carbons (Fsp3) is 0.476. The van der Waals surface area contributed by atoms with Crippen molar-refractivity contribution in [2.75, 3.05) is 31.5 Å². The Kier molecular flexibility index (Phi) is 8.88. The van der Waals surface area contributed by atoms with Crippen LogP contribution in [0.25, 0.3) is 0 Å². The summed E-state index contributed by atoms with van der Waals surface area (Å²) in [7, 11) is 1.24. The van der Waals surface area contributed by atoms with Crippen molar-refractivity contribution in [3.63, 3.8) is 0 Å². The maximum Gasteiger partial charge on any atom is 0.357 e. The number of nitrogens with two attached hydrogens (primary N) is 1. The number of esters is 2. The Bertz CT molecular complexity index is 1160. The third-order valence-electron chi connectivity index (χ3n) is 4.91. The molecular formula is C21H26N6O8S2. The van der Waals surface area contributed by atoms with E-state index in [0.29, 0.717) is 5.75 Å². The van der Waals surface area contributed by atoms with Crippen molar-refractivity contribution in [2.45, 2.75) is 32.2 Å². The molecule has 4 N–H and O–H groups in total. The Morgan fingerprint density at radius 3 is 2.65 bits per heavy atom. The first kappa shape index (κ1) is 28.1. The van der Waals surface area contributed by atoms with Crippen LogP contribution in [0.1, 0.15) is 26.5 Å². The lowest BCUT2D eigenvalue weighted by Gasteiger charge is -2.48. The zero-order valence-electron chi connectivity index (χ0n) is 20.4. The summed E-state index contributed by atoms with van der Waals surface area (Å²) in [6.07, 6.45) is 1.52. The number of thiazole rings is 1. The molecule has 0 aromatic carbocycles. The van der Waals surface area contributed by atoms with Gasteiger partial charge >= 0.3 is 11.9 Å². The van der Waals surface area contributed by atoms with E-state index in [0.717, 1.165) is 11.3 Å². The van der Waals surface area contributed by atoms with Crippen molar-refractivity contribution in [1.29, 1.82) is 0 Å². The Morgan fingerprint density at radius 2 is 2.00 bits per heavy atom. The number of rotatable bonds is 9. The van der Waals surface area contributed by atoms with Gasteiger partial charge in [0.05, 0.1) is 12.0 Å². The smallest absolute Gasteiger partial charge is 0.357 e. The first-order chi connectivity index (χ1) is 17.5. The summed E-state index contributed by atoms with van der Waals surface area (Å²) in [4.78, 5) is 71.7. The number of aromatic nitrogens is 1. The second kappa shape index (κ2) is 11.7. The largest absolute Gasteiger partial charge is 0.427 e. The normalized spacial score (nSPS) is 19.2. The van der Waals surface area contributed by atoms with Gasteiger partial charge in [0, 0.05) is 11.1 Å². The van der Waals surface area contributed by atoms with Crippen LogP contribution in [0.3, 0.4) is 0 Å². The van der Waals surface area contributed by atoms with Crippen molar-refractivity contribution in [2.24, 2.45) is 16.3 Å². The lowest BCUT2D eigenvalue weighted by molar-refractivity contribution is -0.173. The number of ether oxygens (including phenoxy) is 2. The molecule has 16 heteroatoms. The molecule has 2 aliphatic heterocycles. The molecule has 0 saturated carbocycles. The predicted octanol–water partition coefficient (Wildman–Crippen LogP) is -0.235. The fourth-order valence-electron chi connectivity index (χ4n) is 3.07. The van der Waals surface area contributed by atoms with E-state index in [1.165, 1.54) is 35.2 Å². The molecule has 0 aliphatic carbocycles. The SMILES string of the molecule is CO/N=C(\C(=O)N[C@@H]1C(=O)N2C(C(=O)OCOC(=O)C(C)(C)C)=CCS[C@H]12)c1csc(NC(=O)CN)n1. The van der Waals surface area contributed by atoms with Crippen molar-refractivity contribution < 1.29 is 38.3 Å². The van der Waals surface area contributed by atoms with Crippen LogP contribution in [0.15, 0.2) is 22.3 Å². The van der Waals surface area contributed by atoms with E-state index in [1.807, 2.05) is 0 Å². The highest BCUT2D eigenvalue weighted by atomic mass is 32.2. The number of nitrogens with one attached hydrogen (secondary N) is 2. The van der Waals surface area contributed by atoms with Crippen LogP contribution in [0.2, 0.25) is 0 Å². The molecule has 3 rings (SSSR count). The van der Waals surface area contributed by atoms with Gasteiger partial charge in [-0.2, -0.15) is 0 Å². The molecular weight excluding hydrogens is 528 g/mol. The molecule has 1 fully saturated rings. The fourth-order valence-corrected chi connectivity index (χ4v) is 4.98. The number of hydrogen-bond donors (Lipinski definition) is 3. The molecule has 200 valence electrons. The number of thioether (sulfide) groups is 1. The quantitative estimate of drug-likeness (QED) is 0.120. The average molecular weight is 555 g/mol. The highest BCUT2D eigenvalue weighted by Gasteiger charge is 2.53. The van der Waals surface area contributed by atoms with Gasteiger partial charge in [0.15, 0.2) is 10.8 Å².